The Morgan fingerprint density at radius 1 is 0.879 bits per heavy atom. The molecule has 0 atom stereocenters. The van der Waals surface area contributed by atoms with Gasteiger partial charge in [-0.05, 0) is 60.9 Å². The van der Waals surface area contributed by atoms with Gasteiger partial charge < -0.3 is 5.32 Å². The Bertz CT molecular complexity index is 1210. The number of carbonyl (C=O) groups excluding carboxylic acids is 2. The summed E-state index contributed by atoms with van der Waals surface area (Å²) in [5.41, 5.74) is 2.51. The Labute approximate surface area is 207 Å². The molecule has 2 amide bonds. The Morgan fingerprint density at radius 2 is 1.61 bits per heavy atom. The minimum Gasteiger partial charge on any atom is -0.350 e. The molecular formula is C26H22Cl2N2O2S. The first-order valence-electron chi connectivity index (χ1n) is 10.6. The lowest BCUT2D eigenvalue weighted by Gasteiger charge is -2.16. The second-order valence-electron chi connectivity index (χ2n) is 7.59. The van der Waals surface area contributed by atoms with Gasteiger partial charge in [-0.15, -0.1) is 0 Å². The molecule has 3 aromatic rings. The summed E-state index contributed by atoms with van der Waals surface area (Å²) in [4.78, 5) is 29.3. The van der Waals surface area contributed by atoms with Gasteiger partial charge >= 0.3 is 0 Å². The van der Waals surface area contributed by atoms with Crippen molar-refractivity contribution in [2.24, 2.45) is 0 Å². The first-order valence-corrected chi connectivity index (χ1v) is 12.2. The van der Waals surface area contributed by atoms with Crippen molar-refractivity contribution in [3.63, 3.8) is 0 Å². The highest BCUT2D eigenvalue weighted by Crippen LogP contribution is 2.38. The smallest absolute Gasteiger partial charge is 0.283 e. The van der Waals surface area contributed by atoms with Crippen LogP contribution in [-0.4, -0.2) is 11.8 Å². The van der Waals surface area contributed by atoms with E-state index in [1.165, 1.54) is 22.2 Å². The number of amides is 2. The van der Waals surface area contributed by atoms with Crippen LogP contribution < -0.4 is 10.2 Å². The molecule has 168 valence electrons. The minimum absolute atomic E-state index is 0.210. The predicted molar refractivity (Wildman–Crippen MR) is 137 cm³/mol. The molecular weight excluding hydrogens is 475 g/mol. The summed E-state index contributed by atoms with van der Waals surface area (Å²) in [7, 11) is 0. The number of halogens is 2. The van der Waals surface area contributed by atoms with Crippen LogP contribution in [0.4, 0.5) is 11.4 Å². The molecule has 7 heteroatoms. The number of aryl methyl sites for hydroxylation is 1. The van der Waals surface area contributed by atoms with E-state index in [-0.39, 0.29) is 11.6 Å². The van der Waals surface area contributed by atoms with Crippen LogP contribution in [0.1, 0.15) is 25.3 Å². The second-order valence-corrected chi connectivity index (χ2v) is 9.49. The Kier molecular flexibility index (Phi) is 7.43. The van der Waals surface area contributed by atoms with E-state index in [1.807, 2.05) is 54.6 Å². The molecule has 0 aromatic heterocycles. The van der Waals surface area contributed by atoms with Gasteiger partial charge in [-0.3, -0.25) is 9.59 Å². The molecule has 0 bridgehead atoms. The summed E-state index contributed by atoms with van der Waals surface area (Å²) < 4.78 is 0. The molecule has 33 heavy (non-hydrogen) atoms. The summed E-state index contributed by atoms with van der Waals surface area (Å²) in [5.74, 6) is -0.775. The van der Waals surface area contributed by atoms with Crippen LogP contribution in [-0.2, 0) is 16.0 Å². The van der Waals surface area contributed by atoms with Gasteiger partial charge in [0.25, 0.3) is 11.8 Å². The zero-order chi connectivity index (χ0) is 23.4. The van der Waals surface area contributed by atoms with Crippen molar-refractivity contribution >= 4 is 58.2 Å². The molecule has 3 aromatic carbocycles. The van der Waals surface area contributed by atoms with Gasteiger partial charge in [0.2, 0.25) is 0 Å². The Balaban J connectivity index is 1.68. The van der Waals surface area contributed by atoms with Gasteiger partial charge in [-0.25, -0.2) is 4.90 Å². The van der Waals surface area contributed by atoms with E-state index in [4.69, 9.17) is 23.2 Å². The average Bonchev–Trinajstić information content (AvgIpc) is 3.05. The number of carbonyl (C=O) groups is 2. The monoisotopic (exact) mass is 496 g/mol. The van der Waals surface area contributed by atoms with Crippen LogP contribution in [0.5, 0.6) is 0 Å². The fraction of sp³-hybridized carbons (Fsp3) is 0.154. The van der Waals surface area contributed by atoms with E-state index in [2.05, 4.69) is 12.2 Å². The molecule has 0 fully saturated rings. The second kappa shape index (κ2) is 10.5. The molecule has 1 heterocycles. The fourth-order valence-corrected chi connectivity index (χ4v) is 4.71. The van der Waals surface area contributed by atoms with Crippen molar-refractivity contribution in [3.8, 4) is 0 Å². The number of imide groups is 1. The van der Waals surface area contributed by atoms with Crippen molar-refractivity contribution in [1.82, 2.24) is 0 Å². The zero-order valence-electron chi connectivity index (χ0n) is 18.0. The molecule has 0 radical (unpaired) electrons. The molecule has 4 nitrogen and oxygen atoms in total. The number of hydrogen-bond donors (Lipinski definition) is 1. The summed E-state index contributed by atoms with van der Waals surface area (Å²) >= 11 is 13.4. The molecule has 0 spiro atoms. The van der Waals surface area contributed by atoms with E-state index in [9.17, 15) is 9.59 Å². The Hall–Kier alpha value is -2.73. The minimum atomic E-state index is -0.411. The third kappa shape index (κ3) is 5.27. The van der Waals surface area contributed by atoms with Crippen molar-refractivity contribution in [2.75, 3.05) is 10.2 Å². The lowest BCUT2D eigenvalue weighted by molar-refractivity contribution is -0.120. The van der Waals surface area contributed by atoms with E-state index < -0.39 is 5.91 Å². The topological polar surface area (TPSA) is 49.4 Å². The van der Waals surface area contributed by atoms with Crippen LogP contribution in [0.15, 0.2) is 88.3 Å². The Morgan fingerprint density at radius 3 is 2.27 bits per heavy atom. The lowest BCUT2D eigenvalue weighted by atomic mass is 10.1. The van der Waals surface area contributed by atoms with Crippen LogP contribution in [0.3, 0.4) is 0 Å². The van der Waals surface area contributed by atoms with Crippen molar-refractivity contribution < 1.29 is 9.59 Å². The van der Waals surface area contributed by atoms with Crippen molar-refractivity contribution in [2.45, 2.75) is 31.1 Å². The fourth-order valence-electron chi connectivity index (χ4n) is 3.47. The highest BCUT2D eigenvalue weighted by molar-refractivity contribution is 8.04. The first-order chi connectivity index (χ1) is 16.0. The molecule has 0 aliphatic carbocycles. The van der Waals surface area contributed by atoms with Crippen molar-refractivity contribution in [1.29, 1.82) is 0 Å². The quantitative estimate of drug-likeness (QED) is 0.331. The van der Waals surface area contributed by atoms with E-state index in [0.29, 0.717) is 26.3 Å². The standard InChI is InChI=1S/C26H22Cl2N2O2S/c1-2-3-7-17-10-13-19(14-11-17)30-25(31)23(29-18-12-15-21(27)22(28)16-18)24(26(30)32)33-20-8-5-4-6-9-20/h4-6,8-16,29H,2-3,7H2,1H3. The number of thioether (sulfide) groups is 1. The zero-order valence-corrected chi connectivity index (χ0v) is 20.3. The average molecular weight is 497 g/mol. The van der Waals surface area contributed by atoms with Gasteiger partial charge in [0.15, 0.2) is 0 Å². The molecule has 1 aliphatic rings. The lowest BCUT2D eigenvalue weighted by Crippen LogP contribution is -2.32. The number of anilines is 2. The first kappa shape index (κ1) is 23.4. The van der Waals surface area contributed by atoms with E-state index in [0.717, 1.165) is 24.2 Å². The molecule has 0 saturated heterocycles. The molecule has 0 unspecified atom stereocenters. The highest BCUT2D eigenvalue weighted by Gasteiger charge is 2.40. The molecule has 1 N–H and O–H groups in total. The van der Waals surface area contributed by atoms with Crippen LogP contribution >= 0.6 is 35.0 Å². The van der Waals surface area contributed by atoms with Gasteiger partial charge in [-0.1, -0.05) is 78.6 Å². The third-order valence-electron chi connectivity index (χ3n) is 5.21. The normalized spacial score (nSPS) is 13.7. The third-order valence-corrected chi connectivity index (χ3v) is 7.04. The maximum Gasteiger partial charge on any atom is 0.283 e. The number of hydrogen-bond acceptors (Lipinski definition) is 4. The van der Waals surface area contributed by atoms with Gasteiger partial charge in [0.05, 0.1) is 15.7 Å². The van der Waals surface area contributed by atoms with Crippen LogP contribution in [0.25, 0.3) is 0 Å². The highest BCUT2D eigenvalue weighted by atomic mass is 35.5. The summed E-state index contributed by atoms with van der Waals surface area (Å²) in [5, 5.41) is 3.87. The SMILES string of the molecule is CCCCc1ccc(N2C(=O)C(Nc3ccc(Cl)c(Cl)c3)=C(Sc3ccccc3)C2=O)cc1. The van der Waals surface area contributed by atoms with E-state index in [1.54, 1.807) is 18.2 Å². The summed E-state index contributed by atoms with van der Waals surface area (Å²) in [6, 6.07) is 22.1. The van der Waals surface area contributed by atoms with Crippen LogP contribution in [0, 0.1) is 0 Å². The number of rotatable bonds is 8. The number of benzene rings is 3. The van der Waals surface area contributed by atoms with Gasteiger partial charge in [0, 0.05) is 10.6 Å². The van der Waals surface area contributed by atoms with Crippen molar-refractivity contribution in [3.05, 3.63) is 99.0 Å². The molecule has 4 rings (SSSR count). The number of nitrogens with zero attached hydrogens (tertiary/aromatic N) is 1. The van der Waals surface area contributed by atoms with Gasteiger partial charge in [-0.2, -0.15) is 0 Å². The van der Waals surface area contributed by atoms with Crippen LogP contribution in [0.2, 0.25) is 10.0 Å². The summed E-state index contributed by atoms with van der Waals surface area (Å²) in [6.45, 7) is 2.15. The number of nitrogens with one attached hydrogen (secondary N) is 1. The molecule has 0 saturated carbocycles. The summed E-state index contributed by atoms with van der Waals surface area (Å²) in [6.07, 6.45) is 3.17. The van der Waals surface area contributed by atoms with Gasteiger partial charge in [0.1, 0.15) is 10.6 Å². The number of unbranched alkanes of at least 4 members (excludes halogenated alkanes) is 1. The largest absolute Gasteiger partial charge is 0.350 e. The van der Waals surface area contributed by atoms with E-state index >= 15 is 0 Å². The predicted octanol–water partition coefficient (Wildman–Crippen LogP) is 7.33. The maximum atomic E-state index is 13.4. The molecule has 1 aliphatic heterocycles. The maximum absolute atomic E-state index is 13.4.